The van der Waals surface area contributed by atoms with Crippen LogP contribution in [-0.2, 0) is 10.0 Å². The molecule has 0 spiro atoms. The zero-order valence-corrected chi connectivity index (χ0v) is 19.5. The number of benzene rings is 2. The van der Waals surface area contributed by atoms with Crippen LogP contribution in [0, 0.1) is 12.1 Å². The maximum absolute atomic E-state index is 13.8. The highest BCUT2D eigenvalue weighted by Gasteiger charge is 2.31. The number of aromatic carboxylic acids is 1. The Hall–Kier alpha value is -3.50. The number of nitrogens with zero attached hydrogens (tertiary/aromatic N) is 1. The van der Waals surface area contributed by atoms with Crippen molar-refractivity contribution in [1.29, 1.82) is 0 Å². The van der Waals surface area contributed by atoms with Crippen molar-refractivity contribution in [3.63, 3.8) is 0 Å². The van der Waals surface area contributed by atoms with E-state index in [1.165, 1.54) is 24.4 Å². The summed E-state index contributed by atoms with van der Waals surface area (Å²) in [7, 11) is -4.17. The minimum atomic E-state index is -4.17. The highest BCUT2D eigenvalue weighted by atomic mass is 32.2. The average molecular weight is 499 g/mol. The van der Waals surface area contributed by atoms with Crippen LogP contribution in [0.15, 0.2) is 64.1 Å². The molecule has 0 unspecified atom stereocenters. The van der Waals surface area contributed by atoms with Gasteiger partial charge in [0.1, 0.15) is 5.76 Å². The van der Waals surface area contributed by atoms with Crippen LogP contribution in [0.3, 0.4) is 0 Å². The molecule has 1 fully saturated rings. The number of hydrogen-bond donors (Lipinski definition) is 2. The summed E-state index contributed by atoms with van der Waals surface area (Å²) in [6.45, 7) is 1.74. The van der Waals surface area contributed by atoms with Crippen molar-refractivity contribution >= 4 is 33.0 Å². The number of halogens is 1. The van der Waals surface area contributed by atoms with Gasteiger partial charge in [0, 0.05) is 16.0 Å². The molecule has 174 valence electrons. The maximum atomic E-state index is 13.8. The third kappa shape index (κ3) is 4.22. The van der Waals surface area contributed by atoms with Gasteiger partial charge in [-0.1, -0.05) is 23.4 Å². The number of rotatable bonds is 7. The zero-order valence-electron chi connectivity index (χ0n) is 17.9. The summed E-state index contributed by atoms with van der Waals surface area (Å²) in [5.74, 6) is -0.571. The topological polar surface area (TPSA) is 110 Å². The van der Waals surface area contributed by atoms with Gasteiger partial charge in [-0.3, -0.25) is 4.72 Å². The lowest BCUT2D eigenvalue weighted by Crippen LogP contribution is -2.16. The van der Waals surface area contributed by atoms with Crippen molar-refractivity contribution in [3.8, 4) is 21.6 Å². The van der Waals surface area contributed by atoms with Crippen molar-refractivity contribution in [3.05, 3.63) is 76.7 Å². The predicted molar refractivity (Wildman–Crippen MR) is 126 cm³/mol. The van der Waals surface area contributed by atoms with Crippen LogP contribution < -0.4 is 4.72 Å². The quantitative estimate of drug-likeness (QED) is 0.329. The van der Waals surface area contributed by atoms with Crippen LogP contribution in [0.2, 0.25) is 0 Å². The molecule has 1 aliphatic carbocycles. The Kier molecular flexibility index (Phi) is 5.49. The van der Waals surface area contributed by atoms with Gasteiger partial charge in [0.05, 0.1) is 22.3 Å². The monoisotopic (exact) mass is 498 g/mol. The number of nitrogens with one attached hydrogen (secondary N) is 1. The lowest BCUT2D eigenvalue weighted by Gasteiger charge is -2.16. The van der Waals surface area contributed by atoms with Gasteiger partial charge >= 0.3 is 5.97 Å². The fourth-order valence-corrected chi connectivity index (χ4v) is 6.04. The maximum Gasteiger partial charge on any atom is 0.335 e. The van der Waals surface area contributed by atoms with E-state index in [1.54, 1.807) is 37.3 Å². The minimum Gasteiger partial charge on any atom is -0.478 e. The Morgan fingerprint density at radius 3 is 2.56 bits per heavy atom. The van der Waals surface area contributed by atoms with E-state index < -0.39 is 21.1 Å². The Balaban J connectivity index is 1.64. The van der Waals surface area contributed by atoms with E-state index in [4.69, 9.17) is 4.52 Å². The van der Waals surface area contributed by atoms with E-state index in [0.29, 0.717) is 32.9 Å². The van der Waals surface area contributed by atoms with Gasteiger partial charge in [0.2, 0.25) is 0 Å². The number of aryl methyl sites for hydroxylation is 1. The van der Waals surface area contributed by atoms with Crippen LogP contribution in [0.5, 0.6) is 0 Å². The number of carboxylic acids is 1. The molecule has 2 aromatic carbocycles. The second kappa shape index (κ2) is 8.37. The van der Waals surface area contributed by atoms with E-state index in [2.05, 4.69) is 9.88 Å². The number of carboxylic acid groups (broad SMARTS) is 1. The fraction of sp³-hybridized carbons (Fsp3) is 0.167. The lowest BCUT2D eigenvalue weighted by atomic mass is 10.0. The number of thiophene rings is 1. The summed E-state index contributed by atoms with van der Waals surface area (Å²) in [4.78, 5) is 12.0. The van der Waals surface area contributed by atoms with Gasteiger partial charge in [-0.05, 0) is 67.1 Å². The van der Waals surface area contributed by atoms with E-state index in [1.807, 2.05) is 0 Å². The van der Waals surface area contributed by atoms with E-state index >= 15 is 0 Å². The number of hydrogen-bond acceptors (Lipinski definition) is 6. The van der Waals surface area contributed by atoms with Gasteiger partial charge < -0.3 is 9.63 Å². The van der Waals surface area contributed by atoms with Crippen LogP contribution in [0.25, 0.3) is 21.6 Å². The first-order valence-electron chi connectivity index (χ1n) is 10.4. The predicted octanol–water partition coefficient (Wildman–Crippen LogP) is 5.89. The second-order valence-corrected chi connectivity index (χ2v) is 10.8. The van der Waals surface area contributed by atoms with E-state index in [0.717, 1.165) is 24.2 Å². The largest absolute Gasteiger partial charge is 0.478 e. The summed E-state index contributed by atoms with van der Waals surface area (Å²) in [6.07, 6.45) is 3.22. The normalized spacial score (nSPS) is 13.7. The highest BCUT2D eigenvalue weighted by Crippen LogP contribution is 2.44. The fourth-order valence-electron chi connectivity index (χ4n) is 3.88. The molecule has 5 rings (SSSR count). The van der Waals surface area contributed by atoms with Crippen molar-refractivity contribution in [2.24, 2.45) is 0 Å². The molecule has 0 radical (unpaired) electrons. The number of anilines is 1. The third-order valence-electron chi connectivity index (χ3n) is 5.73. The van der Waals surface area contributed by atoms with Crippen LogP contribution in [0.1, 0.15) is 40.4 Å². The Morgan fingerprint density at radius 1 is 1.15 bits per heavy atom. The first kappa shape index (κ1) is 22.3. The van der Waals surface area contributed by atoms with E-state index in [9.17, 15) is 22.7 Å². The molecular formula is C24H19FN2O5S2. The molecule has 10 heteroatoms. The van der Waals surface area contributed by atoms with Gasteiger partial charge in [-0.2, -0.15) is 4.39 Å². The van der Waals surface area contributed by atoms with Gasteiger partial charge in [-0.25, -0.2) is 13.2 Å². The molecular weight excluding hydrogens is 479 g/mol. The molecule has 1 aliphatic rings. The summed E-state index contributed by atoms with van der Waals surface area (Å²) < 4.78 is 48.7. The van der Waals surface area contributed by atoms with Gasteiger partial charge in [-0.15, -0.1) is 11.3 Å². The number of aromatic nitrogens is 1. The standard InChI is InChI=1S/C24H19FN2O5S2/c1-13-19(12-26-32-13)15-4-7-18(21-8-9-23(25)33-21)20(10-15)27-34(30,31)22-11-16(24(28)29)5-6-17(22)14-2-3-14/h4-12,14,27H,2-3H2,1H3,(H,28,29). The summed E-state index contributed by atoms with van der Waals surface area (Å²) in [5.41, 5.74) is 2.57. The molecule has 2 N–H and O–H groups in total. The molecule has 0 atom stereocenters. The molecule has 0 saturated heterocycles. The van der Waals surface area contributed by atoms with Crippen LogP contribution in [-0.4, -0.2) is 24.7 Å². The molecule has 34 heavy (non-hydrogen) atoms. The second-order valence-electron chi connectivity index (χ2n) is 8.10. The average Bonchev–Trinajstić information content (AvgIpc) is 3.42. The summed E-state index contributed by atoms with van der Waals surface area (Å²) >= 11 is 0.898. The third-order valence-corrected chi connectivity index (χ3v) is 8.06. The first-order valence-corrected chi connectivity index (χ1v) is 12.7. The van der Waals surface area contributed by atoms with E-state index in [-0.39, 0.29) is 22.1 Å². The molecule has 4 aromatic rings. The molecule has 2 aromatic heterocycles. The van der Waals surface area contributed by atoms with Gasteiger partial charge in [0.25, 0.3) is 10.0 Å². The molecule has 2 heterocycles. The van der Waals surface area contributed by atoms with Crippen molar-refractivity contribution in [2.45, 2.75) is 30.6 Å². The van der Waals surface area contributed by atoms with Gasteiger partial charge in [0.15, 0.2) is 5.13 Å². The summed E-state index contributed by atoms with van der Waals surface area (Å²) in [6, 6.07) is 12.2. The van der Waals surface area contributed by atoms with Crippen molar-refractivity contribution in [2.75, 3.05) is 4.72 Å². The Labute approximate surface area is 198 Å². The smallest absolute Gasteiger partial charge is 0.335 e. The van der Waals surface area contributed by atoms with Crippen molar-refractivity contribution < 1.29 is 27.2 Å². The lowest BCUT2D eigenvalue weighted by molar-refractivity contribution is 0.0696. The molecule has 0 amide bonds. The SMILES string of the molecule is Cc1oncc1-c1ccc(-c2ccc(F)s2)c(NS(=O)(=O)c2cc(C(=O)O)ccc2C2CC2)c1. The minimum absolute atomic E-state index is 0.0650. The Bertz CT molecular complexity index is 1520. The first-order chi connectivity index (χ1) is 16.2. The zero-order chi connectivity index (χ0) is 24.0. The summed E-state index contributed by atoms with van der Waals surface area (Å²) in [5, 5.41) is 12.8. The molecule has 7 nitrogen and oxygen atoms in total. The van der Waals surface area contributed by atoms with Crippen LogP contribution in [0.4, 0.5) is 10.1 Å². The molecule has 0 aliphatic heterocycles. The molecule has 0 bridgehead atoms. The highest BCUT2D eigenvalue weighted by molar-refractivity contribution is 7.92. The van der Waals surface area contributed by atoms with Crippen LogP contribution >= 0.6 is 11.3 Å². The number of sulfonamides is 1. The number of carbonyl (C=O) groups is 1. The van der Waals surface area contributed by atoms with Crippen molar-refractivity contribution in [1.82, 2.24) is 5.16 Å². The molecule has 1 saturated carbocycles. The Morgan fingerprint density at radius 2 is 1.94 bits per heavy atom.